The van der Waals surface area contributed by atoms with Crippen LogP contribution in [0.5, 0.6) is 5.75 Å². The number of carbonyl (C=O) groups is 1. The van der Waals surface area contributed by atoms with Crippen LogP contribution >= 0.6 is 11.3 Å². The van der Waals surface area contributed by atoms with Crippen LogP contribution < -0.4 is 9.75 Å². The summed E-state index contributed by atoms with van der Waals surface area (Å²) in [6.07, 6.45) is 1.87. The molecule has 1 aliphatic heterocycles. The van der Waals surface area contributed by atoms with Crippen molar-refractivity contribution in [2.45, 2.75) is 13.8 Å². The Labute approximate surface area is 167 Å². The predicted molar refractivity (Wildman–Crippen MR) is 114 cm³/mol. The number of carbonyl (C=O) groups excluding carboxylic acids is 1. The van der Waals surface area contributed by atoms with Gasteiger partial charge < -0.3 is 4.74 Å². The normalized spacial score (nSPS) is 15.2. The lowest BCUT2D eigenvalue weighted by Crippen LogP contribution is -2.21. The Morgan fingerprint density at radius 2 is 1.75 bits per heavy atom. The van der Waals surface area contributed by atoms with E-state index in [0.29, 0.717) is 16.4 Å². The number of aryl methyl sites for hydroxylation is 1. The SMILES string of the molecule is COc1ccc(-c2csc(N3N=C(C)/C(=C\c4ccc(C)cc4)C3=O)n2)cc1. The maximum absolute atomic E-state index is 12.9. The number of benzene rings is 2. The van der Waals surface area contributed by atoms with E-state index in [-0.39, 0.29) is 5.91 Å². The Morgan fingerprint density at radius 3 is 2.43 bits per heavy atom. The van der Waals surface area contributed by atoms with Crippen LogP contribution in [0.3, 0.4) is 0 Å². The van der Waals surface area contributed by atoms with Gasteiger partial charge in [-0.2, -0.15) is 10.1 Å². The first-order valence-corrected chi connectivity index (χ1v) is 9.71. The van der Waals surface area contributed by atoms with Crippen LogP contribution in [0.15, 0.2) is 64.6 Å². The van der Waals surface area contributed by atoms with Gasteiger partial charge in [-0.05, 0) is 49.8 Å². The maximum Gasteiger partial charge on any atom is 0.282 e. The molecule has 2 heterocycles. The van der Waals surface area contributed by atoms with Crippen molar-refractivity contribution in [1.82, 2.24) is 4.98 Å². The van der Waals surface area contributed by atoms with E-state index in [1.54, 1.807) is 7.11 Å². The number of hydrogen-bond acceptors (Lipinski definition) is 5. The maximum atomic E-state index is 12.9. The summed E-state index contributed by atoms with van der Waals surface area (Å²) in [6.45, 7) is 3.88. The highest BCUT2D eigenvalue weighted by molar-refractivity contribution is 7.14. The van der Waals surface area contributed by atoms with E-state index in [2.05, 4.69) is 10.1 Å². The molecule has 1 amide bonds. The topological polar surface area (TPSA) is 54.8 Å². The van der Waals surface area contributed by atoms with Gasteiger partial charge in [-0.1, -0.05) is 29.8 Å². The minimum atomic E-state index is -0.159. The Bertz CT molecular complexity index is 1080. The summed E-state index contributed by atoms with van der Waals surface area (Å²) in [5.74, 6) is 0.633. The van der Waals surface area contributed by atoms with Crippen LogP contribution in [-0.4, -0.2) is 23.7 Å². The number of methoxy groups -OCH3 is 1. The molecular weight excluding hydrogens is 370 g/mol. The molecule has 0 bridgehead atoms. The Balaban J connectivity index is 1.59. The molecule has 0 radical (unpaired) electrons. The summed E-state index contributed by atoms with van der Waals surface area (Å²) in [6, 6.07) is 15.7. The van der Waals surface area contributed by atoms with E-state index in [4.69, 9.17) is 4.74 Å². The lowest BCUT2D eigenvalue weighted by molar-refractivity contribution is -0.114. The van der Waals surface area contributed by atoms with Gasteiger partial charge in [-0.25, -0.2) is 4.98 Å². The summed E-state index contributed by atoms with van der Waals surface area (Å²) in [5, 5.41) is 8.30. The average Bonchev–Trinajstić information content (AvgIpc) is 3.30. The standard InChI is InChI=1S/C22H19N3O2S/c1-14-4-6-16(7-5-14)12-19-15(2)24-25(21(19)26)22-23-20(13-28-22)17-8-10-18(27-3)11-9-17/h4-13H,1-3H3/b19-12+. The number of hydrazone groups is 1. The first kappa shape index (κ1) is 18.1. The highest BCUT2D eigenvalue weighted by Crippen LogP contribution is 2.32. The van der Waals surface area contributed by atoms with Gasteiger partial charge in [-0.3, -0.25) is 4.79 Å². The third-order valence-electron chi connectivity index (χ3n) is 4.51. The first-order chi connectivity index (χ1) is 13.5. The molecule has 140 valence electrons. The molecule has 0 unspecified atom stereocenters. The second-order valence-electron chi connectivity index (χ2n) is 6.51. The zero-order valence-electron chi connectivity index (χ0n) is 15.8. The zero-order valence-corrected chi connectivity index (χ0v) is 16.7. The van der Waals surface area contributed by atoms with Crippen molar-refractivity contribution >= 4 is 34.2 Å². The predicted octanol–water partition coefficient (Wildman–Crippen LogP) is 4.93. The quantitative estimate of drug-likeness (QED) is 0.594. The molecule has 0 spiro atoms. The van der Waals surface area contributed by atoms with Gasteiger partial charge in [0, 0.05) is 10.9 Å². The molecule has 0 saturated carbocycles. The number of rotatable bonds is 4. The summed E-state index contributed by atoms with van der Waals surface area (Å²) >= 11 is 1.40. The monoisotopic (exact) mass is 389 g/mol. The molecule has 0 fully saturated rings. The van der Waals surface area contributed by atoms with E-state index in [1.165, 1.54) is 21.9 Å². The third-order valence-corrected chi connectivity index (χ3v) is 5.33. The molecular formula is C22H19N3O2S. The summed E-state index contributed by atoms with van der Waals surface area (Å²) in [7, 11) is 1.64. The smallest absolute Gasteiger partial charge is 0.282 e. The van der Waals surface area contributed by atoms with Gasteiger partial charge in [0.2, 0.25) is 5.13 Å². The second-order valence-corrected chi connectivity index (χ2v) is 7.35. The van der Waals surface area contributed by atoms with Crippen LogP contribution in [-0.2, 0) is 4.79 Å². The van der Waals surface area contributed by atoms with Crippen LogP contribution in [0, 0.1) is 6.92 Å². The fourth-order valence-corrected chi connectivity index (χ4v) is 3.68. The van der Waals surface area contributed by atoms with Crippen LogP contribution in [0.2, 0.25) is 0 Å². The minimum absolute atomic E-state index is 0.159. The van der Waals surface area contributed by atoms with Gasteiger partial charge in [0.05, 0.1) is 24.1 Å². The lowest BCUT2D eigenvalue weighted by atomic mass is 10.1. The van der Waals surface area contributed by atoms with Crippen molar-refractivity contribution in [1.29, 1.82) is 0 Å². The molecule has 4 rings (SSSR count). The van der Waals surface area contributed by atoms with Gasteiger partial charge in [0.15, 0.2) is 0 Å². The highest BCUT2D eigenvalue weighted by atomic mass is 32.1. The zero-order chi connectivity index (χ0) is 19.7. The molecule has 28 heavy (non-hydrogen) atoms. The van der Waals surface area contributed by atoms with Crippen molar-refractivity contribution in [2.24, 2.45) is 5.10 Å². The van der Waals surface area contributed by atoms with Gasteiger partial charge >= 0.3 is 0 Å². The van der Waals surface area contributed by atoms with Crippen LogP contribution in [0.1, 0.15) is 18.1 Å². The fourth-order valence-electron chi connectivity index (χ4n) is 2.90. The number of hydrogen-bond donors (Lipinski definition) is 0. The van der Waals surface area contributed by atoms with Crippen LogP contribution in [0.4, 0.5) is 5.13 Å². The lowest BCUT2D eigenvalue weighted by Gasteiger charge is -2.07. The molecule has 3 aromatic rings. The van der Waals surface area contributed by atoms with Crippen molar-refractivity contribution < 1.29 is 9.53 Å². The van der Waals surface area contributed by atoms with E-state index < -0.39 is 0 Å². The van der Waals surface area contributed by atoms with Crippen molar-refractivity contribution in [3.05, 3.63) is 70.6 Å². The molecule has 1 aromatic heterocycles. The molecule has 6 heteroatoms. The van der Waals surface area contributed by atoms with Crippen LogP contribution in [0.25, 0.3) is 17.3 Å². The molecule has 0 atom stereocenters. The Kier molecular flexibility index (Phi) is 4.79. The number of aromatic nitrogens is 1. The van der Waals surface area contributed by atoms with E-state index in [1.807, 2.05) is 73.8 Å². The van der Waals surface area contributed by atoms with E-state index >= 15 is 0 Å². The van der Waals surface area contributed by atoms with Crippen molar-refractivity contribution in [2.75, 3.05) is 12.1 Å². The molecule has 2 aromatic carbocycles. The summed E-state index contributed by atoms with van der Waals surface area (Å²) in [5.41, 5.74) is 5.20. The third kappa shape index (κ3) is 3.46. The van der Waals surface area contributed by atoms with Gasteiger partial charge in [0.25, 0.3) is 5.91 Å². The molecule has 5 nitrogen and oxygen atoms in total. The molecule has 0 aliphatic carbocycles. The Hall–Kier alpha value is -3.25. The molecule has 0 N–H and O–H groups in total. The van der Waals surface area contributed by atoms with Crippen molar-refractivity contribution in [3.8, 4) is 17.0 Å². The number of thiazole rings is 1. The number of anilines is 1. The number of nitrogens with zero attached hydrogens (tertiary/aromatic N) is 3. The fraction of sp³-hybridized carbons (Fsp3) is 0.136. The average molecular weight is 389 g/mol. The van der Waals surface area contributed by atoms with Gasteiger partial charge in [-0.15, -0.1) is 11.3 Å². The number of amides is 1. The Morgan fingerprint density at radius 1 is 1.04 bits per heavy atom. The molecule has 1 aliphatic rings. The second kappa shape index (κ2) is 7.40. The summed E-state index contributed by atoms with van der Waals surface area (Å²) in [4.78, 5) is 17.5. The van der Waals surface area contributed by atoms with E-state index in [9.17, 15) is 4.79 Å². The number of ether oxygens (including phenoxy) is 1. The van der Waals surface area contributed by atoms with Crippen molar-refractivity contribution in [3.63, 3.8) is 0 Å². The first-order valence-electron chi connectivity index (χ1n) is 8.83. The van der Waals surface area contributed by atoms with Gasteiger partial charge in [0.1, 0.15) is 5.75 Å². The minimum Gasteiger partial charge on any atom is -0.497 e. The molecule has 0 saturated heterocycles. The highest BCUT2D eigenvalue weighted by Gasteiger charge is 2.30. The summed E-state index contributed by atoms with van der Waals surface area (Å²) < 4.78 is 5.19. The van der Waals surface area contributed by atoms with E-state index in [0.717, 1.165) is 22.6 Å². The largest absolute Gasteiger partial charge is 0.497 e.